The van der Waals surface area contributed by atoms with Crippen LogP contribution in [-0.4, -0.2) is 25.1 Å². The highest BCUT2D eigenvalue weighted by Gasteiger charge is 2.22. The number of nitrogens with zero attached hydrogens (tertiary/aromatic N) is 1. The van der Waals surface area contributed by atoms with Crippen molar-refractivity contribution in [3.63, 3.8) is 0 Å². The second kappa shape index (κ2) is 7.52. The van der Waals surface area contributed by atoms with Crippen LogP contribution in [0.3, 0.4) is 0 Å². The summed E-state index contributed by atoms with van der Waals surface area (Å²) in [5.74, 6) is 0.448. The summed E-state index contributed by atoms with van der Waals surface area (Å²) in [6.45, 7) is 8.72. The molecule has 6 heteroatoms. The Labute approximate surface area is 125 Å². The summed E-state index contributed by atoms with van der Waals surface area (Å²) in [5.41, 5.74) is 7.87. The summed E-state index contributed by atoms with van der Waals surface area (Å²) >= 11 is 0. The molecule has 1 aromatic rings. The van der Waals surface area contributed by atoms with Gasteiger partial charge >= 0.3 is 6.03 Å². The normalized spacial score (nSPS) is 10.1. The van der Waals surface area contributed by atoms with Gasteiger partial charge in [-0.25, -0.2) is 9.69 Å². The van der Waals surface area contributed by atoms with E-state index in [0.717, 1.165) is 23.3 Å². The average molecular weight is 292 g/mol. The molecule has 0 heterocycles. The summed E-state index contributed by atoms with van der Waals surface area (Å²) in [6, 6.07) is 3.30. The molecule has 0 bridgehead atoms. The van der Waals surface area contributed by atoms with Gasteiger partial charge in [0.05, 0.1) is 12.3 Å². The van der Waals surface area contributed by atoms with Gasteiger partial charge < -0.3 is 15.8 Å². The molecule has 0 fully saturated rings. The molecule has 0 saturated carbocycles. The smallest absolute Gasteiger partial charge is 0.328 e. The number of ether oxygens (including phenoxy) is 1. The molecule has 0 aliphatic carbocycles. The van der Waals surface area contributed by atoms with Crippen molar-refractivity contribution in [3.8, 4) is 5.75 Å². The van der Waals surface area contributed by atoms with E-state index in [2.05, 4.69) is 5.32 Å². The van der Waals surface area contributed by atoms with E-state index in [1.807, 2.05) is 39.8 Å². The number of anilines is 1. The standard InChI is InChI=1S/C15H24N4O2/c1-5-7-21-12-8-10(3)13(11(4)9-12)19(14(16)17)15(20)18-6-2/h8-9H,5-7H2,1-4H3,(H3,16,17)(H,18,20). The maximum Gasteiger partial charge on any atom is 0.328 e. The largest absolute Gasteiger partial charge is 0.494 e. The molecular weight excluding hydrogens is 268 g/mol. The first-order valence-corrected chi connectivity index (χ1v) is 7.08. The van der Waals surface area contributed by atoms with E-state index in [9.17, 15) is 4.79 Å². The van der Waals surface area contributed by atoms with Gasteiger partial charge in [0, 0.05) is 6.54 Å². The van der Waals surface area contributed by atoms with Gasteiger partial charge in [0.25, 0.3) is 0 Å². The van der Waals surface area contributed by atoms with Crippen LogP contribution in [0.15, 0.2) is 12.1 Å². The molecule has 0 aromatic heterocycles. The first-order chi connectivity index (χ1) is 9.92. The number of benzene rings is 1. The van der Waals surface area contributed by atoms with Crippen LogP contribution in [0, 0.1) is 19.3 Å². The maximum absolute atomic E-state index is 12.1. The van der Waals surface area contributed by atoms with Crippen LogP contribution in [0.4, 0.5) is 10.5 Å². The Morgan fingerprint density at radius 3 is 2.33 bits per heavy atom. The maximum atomic E-state index is 12.1. The SMILES string of the molecule is CCCOc1cc(C)c(N(C(=N)N)C(=O)NCC)c(C)c1. The molecule has 1 aromatic carbocycles. The van der Waals surface area contributed by atoms with Gasteiger partial charge in [0.15, 0.2) is 0 Å². The van der Waals surface area contributed by atoms with Gasteiger partial charge in [-0.1, -0.05) is 6.92 Å². The van der Waals surface area contributed by atoms with Crippen LogP contribution in [0.25, 0.3) is 0 Å². The molecule has 2 amide bonds. The van der Waals surface area contributed by atoms with Crippen molar-refractivity contribution in [2.45, 2.75) is 34.1 Å². The number of urea groups is 1. The highest BCUT2D eigenvalue weighted by atomic mass is 16.5. The molecule has 4 N–H and O–H groups in total. The van der Waals surface area contributed by atoms with E-state index in [1.165, 1.54) is 4.90 Å². The molecular formula is C15H24N4O2. The predicted octanol–water partition coefficient (Wildman–Crippen LogP) is 2.52. The predicted molar refractivity (Wildman–Crippen MR) is 85.2 cm³/mol. The van der Waals surface area contributed by atoms with Crippen LogP contribution >= 0.6 is 0 Å². The number of rotatable bonds is 5. The van der Waals surface area contributed by atoms with Crippen molar-refractivity contribution < 1.29 is 9.53 Å². The van der Waals surface area contributed by atoms with E-state index in [1.54, 1.807) is 0 Å². The van der Waals surface area contributed by atoms with Crippen molar-refractivity contribution in [1.29, 1.82) is 5.41 Å². The summed E-state index contributed by atoms with van der Waals surface area (Å²) in [5, 5.41) is 10.3. The van der Waals surface area contributed by atoms with Gasteiger partial charge in [0.1, 0.15) is 5.75 Å². The first kappa shape index (κ1) is 16.8. The lowest BCUT2D eigenvalue weighted by Gasteiger charge is -2.25. The molecule has 0 spiro atoms. The number of carbonyl (C=O) groups excluding carboxylic acids is 1. The Morgan fingerprint density at radius 1 is 1.33 bits per heavy atom. The highest BCUT2D eigenvalue weighted by Crippen LogP contribution is 2.29. The third kappa shape index (κ3) is 4.11. The molecule has 0 aliphatic heterocycles. The number of aryl methyl sites for hydroxylation is 2. The fourth-order valence-corrected chi connectivity index (χ4v) is 2.13. The third-order valence-corrected chi connectivity index (χ3v) is 2.93. The summed E-state index contributed by atoms with van der Waals surface area (Å²) in [7, 11) is 0. The average Bonchev–Trinajstić information content (AvgIpc) is 2.40. The van der Waals surface area contributed by atoms with Crippen LogP contribution in [-0.2, 0) is 0 Å². The number of nitrogens with one attached hydrogen (secondary N) is 2. The fraction of sp³-hybridized carbons (Fsp3) is 0.467. The number of hydrogen-bond donors (Lipinski definition) is 3. The molecule has 6 nitrogen and oxygen atoms in total. The monoisotopic (exact) mass is 292 g/mol. The highest BCUT2D eigenvalue weighted by molar-refractivity contribution is 6.14. The zero-order valence-corrected chi connectivity index (χ0v) is 13.1. The van der Waals surface area contributed by atoms with Crippen LogP contribution < -0.4 is 20.7 Å². The number of hydrogen-bond acceptors (Lipinski definition) is 3. The Hall–Kier alpha value is -2.24. The lowest BCUT2D eigenvalue weighted by Crippen LogP contribution is -2.47. The Bertz CT molecular complexity index is 505. The second-order valence-corrected chi connectivity index (χ2v) is 4.81. The zero-order valence-electron chi connectivity index (χ0n) is 13.1. The number of amides is 2. The van der Waals surface area contributed by atoms with E-state index >= 15 is 0 Å². The minimum absolute atomic E-state index is 0.311. The van der Waals surface area contributed by atoms with Gasteiger partial charge in [-0.2, -0.15) is 0 Å². The molecule has 0 atom stereocenters. The third-order valence-electron chi connectivity index (χ3n) is 2.93. The Balaban J connectivity index is 3.20. The second-order valence-electron chi connectivity index (χ2n) is 4.81. The molecule has 21 heavy (non-hydrogen) atoms. The van der Waals surface area contributed by atoms with Gasteiger partial charge in [-0.15, -0.1) is 0 Å². The van der Waals surface area contributed by atoms with Gasteiger partial charge in [-0.05, 0) is 50.5 Å². The van der Waals surface area contributed by atoms with Crippen LogP contribution in [0.5, 0.6) is 5.75 Å². The minimum atomic E-state index is -0.404. The van der Waals surface area contributed by atoms with E-state index in [0.29, 0.717) is 18.8 Å². The number of guanidine groups is 1. The molecule has 1 rings (SSSR count). The van der Waals surface area contributed by atoms with Crippen LogP contribution in [0.2, 0.25) is 0 Å². The first-order valence-electron chi connectivity index (χ1n) is 7.08. The van der Waals surface area contributed by atoms with Gasteiger partial charge in [-0.3, -0.25) is 5.41 Å². The summed E-state index contributed by atoms with van der Waals surface area (Å²) in [4.78, 5) is 13.3. The molecule has 0 saturated heterocycles. The van der Waals surface area contributed by atoms with Crippen molar-refractivity contribution in [2.24, 2.45) is 5.73 Å². The van der Waals surface area contributed by atoms with E-state index in [-0.39, 0.29) is 5.96 Å². The molecule has 116 valence electrons. The van der Waals surface area contributed by atoms with Gasteiger partial charge in [0.2, 0.25) is 5.96 Å². The summed E-state index contributed by atoms with van der Waals surface area (Å²) in [6.07, 6.45) is 0.929. The Morgan fingerprint density at radius 2 is 1.90 bits per heavy atom. The minimum Gasteiger partial charge on any atom is -0.494 e. The zero-order chi connectivity index (χ0) is 16.0. The van der Waals surface area contributed by atoms with Crippen molar-refractivity contribution in [2.75, 3.05) is 18.1 Å². The molecule has 0 aliphatic rings. The quantitative estimate of drug-likeness (QED) is 0.575. The Kier molecular flexibility index (Phi) is 6.02. The van der Waals surface area contributed by atoms with Crippen molar-refractivity contribution in [1.82, 2.24) is 5.32 Å². The van der Waals surface area contributed by atoms with Crippen molar-refractivity contribution in [3.05, 3.63) is 23.3 Å². The topological polar surface area (TPSA) is 91.4 Å². The number of carbonyl (C=O) groups is 1. The number of nitrogens with two attached hydrogens (primary N) is 1. The lowest BCUT2D eigenvalue weighted by molar-refractivity contribution is 0.249. The van der Waals surface area contributed by atoms with Crippen LogP contribution in [0.1, 0.15) is 31.4 Å². The summed E-state index contributed by atoms with van der Waals surface area (Å²) < 4.78 is 5.62. The van der Waals surface area contributed by atoms with Crippen molar-refractivity contribution >= 4 is 17.7 Å². The fourth-order valence-electron chi connectivity index (χ4n) is 2.13. The van der Waals surface area contributed by atoms with E-state index < -0.39 is 6.03 Å². The molecule has 0 unspecified atom stereocenters. The van der Waals surface area contributed by atoms with E-state index in [4.69, 9.17) is 15.9 Å². The molecule has 0 radical (unpaired) electrons. The lowest BCUT2D eigenvalue weighted by atomic mass is 10.1.